The Morgan fingerprint density at radius 1 is 0.927 bits per heavy atom. The van der Waals surface area contributed by atoms with Gasteiger partial charge in [0.25, 0.3) is 5.91 Å². The number of hydrogen-bond acceptors (Lipinski definition) is 8. The van der Waals surface area contributed by atoms with Gasteiger partial charge in [0.1, 0.15) is 24.0 Å². The summed E-state index contributed by atoms with van der Waals surface area (Å²) in [7, 11) is 3.05. The number of carbonyl (C=O) groups is 1. The number of hydrogen-bond donors (Lipinski definition) is 1. The van der Waals surface area contributed by atoms with Gasteiger partial charge in [0, 0.05) is 6.42 Å². The monoisotopic (exact) mass is 570 g/mol. The zero-order valence-electron chi connectivity index (χ0n) is 23.3. The Kier molecular flexibility index (Phi) is 8.39. The lowest BCUT2D eigenvalue weighted by molar-refractivity contribution is -0.114. The fourth-order valence-electron chi connectivity index (χ4n) is 4.27. The van der Waals surface area contributed by atoms with E-state index in [1.807, 2.05) is 55.5 Å². The summed E-state index contributed by atoms with van der Waals surface area (Å²) in [6.07, 6.45) is 2.17. The molecular formula is C31H30N4O5S. The van der Waals surface area contributed by atoms with Gasteiger partial charge >= 0.3 is 0 Å². The molecule has 1 N–H and O–H groups in total. The highest BCUT2D eigenvalue weighted by atomic mass is 32.2. The number of carbonyl (C=O) groups excluding carboxylic acids is 1. The summed E-state index contributed by atoms with van der Waals surface area (Å²) in [5.41, 5.74) is 4.15. The van der Waals surface area contributed by atoms with Crippen LogP contribution in [0.25, 0.3) is 6.08 Å². The molecule has 0 fully saturated rings. The number of amidine groups is 2. The Bertz CT molecular complexity index is 1560. The number of fused-ring (bicyclic) bond motifs is 1. The summed E-state index contributed by atoms with van der Waals surface area (Å²) < 4.78 is 23.0. The first-order valence-corrected chi connectivity index (χ1v) is 13.8. The molecule has 9 nitrogen and oxygen atoms in total. The Balaban J connectivity index is 1.31. The van der Waals surface area contributed by atoms with Crippen molar-refractivity contribution in [1.82, 2.24) is 5.01 Å². The van der Waals surface area contributed by atoms with E-state index in [9.17, 15) is 4.79 Å². The van der Waals surface area contributed by atoms with Gasteiger partial charge in [-0.2, -0.15) is 15.1 Å². The second kappa shape index (κ2) is 12.3. The molecule has 0 saturated heterocycles. The fourth-order valence-corrected chi connectivity index (χ4v) is 5.19. The minimum atomic E-state index is -0.508. The molecule has 0 aliphatic carbocycles. The molecule has 5 rings (SSSR count). The maximum atomic E-state index is 12.9. The maximum Gasteiger partial charge on any atom is 0.283 e. The van der Waals surface area contributed by atoms with Crippen LogP contribution in [0, 0.1) is 19.3 Å². The van der Waals surface area contributed by atoms with Crippen molar-refractivity contribution in [1.29, 1.82) is 5.41 Å². The number of aliphatic imine (C=N–C) groups is 1. The molecule has 0 unspecified atom stereocenters. The van der Waals surface area contributed by atoms with Crippen LogP contribution in [-0.2, 0) is 11.2 Å². The van der Waals surface area contributed by atoms with Crippen LogP contribution >= 0.6 is 11.8 Å². The lowest BCUT2D eigenvalue weighted by Gasteiger charge is -2.20. The fraction of sp³-hybridized carbons (Fsp3) is 0.226. The number of ether oxygens (including phenoxy) is 4. The van der Waals surface area contributed by atoms with E-state index in [-0.39, 0.29) is 18.0 Å². The summed E-state index contributed by atoms with van der Waals surface area (Å²) in [5.74, 6) is 1.47. The van der Waals surface area contributed by atoms with Gasteiger partial charge in [-0.25, -0.2) is 0 Å². The number of nitrogens with one attached hydrogen (secondary N) is 1. The van der Waals surface area contributed by atoms with Crippen molar-refractivity contribution in [3.05, 3.63) is 88.5 Å². The molecular weight excluding hydrogens is 540 g/mol. The lowest BCUT2D eigenvalue weighted by Crippen LogP contribution is -2.35. The molecule has 10 heteroatoms. The van der Waals surface area contributed by atoms with Gasteiger partial charge in [0.2, 0.25) is 10.9 Å². The molecule has 0 atom stereocenters. The second-order valence-corrected chi connectivity index (χ2v) is 10.4. The van der Waals surface area contributed by atoms with Crippen LogP contribution in [-0.4, -0.2) is 54.4 Å². The predicted molar refractivity (Wildman–Crippen MR) is 162 cm³/mol. The number of hydrazone groups is 1. The molecule has 0 bridgehead atoms. The largest absolute Gasteiger partial charge is 0.493 e. The number of aryl methyl sites for hydroxylation is 2. The number of amides is 1. The molecule has 3 aromatic carbocycles. The Morgan fingerprint density at radius 3 is 2.32 bits per heavy atom. The van der Waals surface area contributed by atoms with Gasteiger partial charge in [-0.05, 0) is 78.2 Å². The zero-order valence-corrected chi connectivity index (χ0v) is 24.1. The number of thioether (sulfide) groups is 1. The van der Waals surface area contributed by atoms with Crippen molar-refractivity contribution < 1.29 is 23.7 Å². The third-order valence-corrected chi connectivity index (χ3v) is 7.47. The summed E-state index contributed by atoms with van der Waals surface area (Å²) >= 11 is 1.30. The molecule has 3 aromatic rings. The molecule has 0 saturated carbocycles. The van der Waals surface area contributed by atoms with E-state index in [4.69, 9.17) is 24.4 Å². The quantitative estimate of drug-likeness (QED) is 0.248. The summed E-state index contributed by atoms with van der Waals surface area (Å²) in [5, 5.41) is 15.8. The van der Waals surface area contributed by atoms with E-state index in [1.54, 1.807) is 18.2 Å². The van der Waals surface area contributed by atoms with Crippen LogP contribution < -0.4 is 18.9 Å². The first kappa shape index (κ1) is 28.0. The van der Waals surface area contributed by atoms with Gasteiger partial charge in [-0.15, -0.1) is 0 Å². The standard InChI is InChI=1S/C31H30N4O5S/c1-19-10-11-23(14-20(19)2)39-12-13-40-28-25(37-3)16-22(17-26(28)38-4)15-24-29(32)35-31(33-30(24)36)41-27(34-35)18-21-8-6-5-7-9-21/h5-11,14-17,32H,12-13,18H2,1-4H3. The average molecular weight is 571 g/mol. The maximum absolute atomic E-state index is 12.9. The minimum Gasteiger partial charge on any atom is -0.493 e. The van der Waals surface area contributed by atoms with Crippen LogP contribution in [0.2, 0.25) is 0 Å². The van der Waals surface area contributed by atoms with E-state index >= 15 is 0 Å². The SMILES string of the molecule is COc1cc(C=C2C(=N)N3N=C(Cc4ccccc4)SC3=NC2=O)cc(OC)c1OCCOc1ccc(C)c(C)c1. The Labute approximate surface area is 243 Å². The van der Waals surface area contributed by atoms with Crippen molar-refractivity contribution in [2.45, 2.75) is 20.3 Å². The van der Waals surface area contributed by atoms with Crippen LogP contribution in [0.4, 0.5) is 0 Å². The third kappa shape index (κ3) is 6.28. The molecule has 0 spiro atoms. The normalized spacial score (nSPS) is 15.4. The molecule has 210 valence electrons. The highest BCUT2D eigenvalue weighted by molar-refractivity contribution is 8.26. The van der Waals surface area contributed by atoms with Gasteiger partial charge in [0.05, 0.1) is 19.8 Å². The third-order valence-electron chi connectivity index (χ3n) is 6.57. The van der Waals surface area contributed by atoms with Crippen molar-refractivity contribution in [2.24, 2.45) is 10.1 Å². The van der Waals surface area contributed by atoms with Crippen LogP contribution in [0.5, 0.6) is 23.0 Å². The van der Waals surface area contributed by atoms with Crippen LogP contribution in [0.15, 0.2) is 76.3 Å². The summed E-state index contributed by atoms with van der Waals surface area (Å²) in [6, 6.07) is 19.3. The highest BCUT2D eigenvalue weighted by Gasteiger charge is 2.35. The molecule has 2 aliphatic heterocycles. The van der Waals surface area contributed by atoms with E-state index in [0.717, 1.165) is 21.9 Å². The Morgan fingerprint density at radius 2 is 1.63 bits per heavy atom. The second-order valence-electron chi connectivity index (χ2n) is 9.37. The van der Waals surface area contributed by atoms with Crippen LogP contribution in [0.3, 0.4) is 0 Å². The molecule has 2 heterocycles. The molecule has 2 aliphatic rings. The minimum absolute atomic E-state index is 0.0442. The summed E-state index contributed by atoms with van der Waals surface area (Å²) in [6.45, 7) is 4.68. The topological polar surface area (TPSA) is 106 Å². The molecule has 41 heavy (non-hydrogen) atoms. The van der Waals surface area contributed by atoms with E-state index < -0.39 is 5.91 Å². The van der Waals surface area contributed by atoms with Gasteiger partial charge in [0.15, 0.2) is 17.3 Å². The number of nitrogens with zero attached hydrogens (tertiary/aromatic N) is 3. The van der Waals surface area contributed by atoms with E-state index in [2.05, 4.69) is 17.0 Å². The molecule has 1 amide bonds. The smallest absolute Gasteiger partial charge is 0.283 e. The van der Waals surface area contributed by atoms with Crippen LogP contribution in [0.1, 0.15) is 22.3 Å². The first-order valence-electron chi connectivity index (χ1n) is 13.0. The highest BCUT2D eigenvalue weighted by Crippen LogP contribution is 2.39. The molecule has 0 aromatic heterocycles. The molecule has 0 radical (unpaired) electrons. The predicted octanol–water partition coefficient (Wildman–Crippen LogP) is 5.64. The van der Waals surface area contributed by atoms with E-state index in [0.29, 0.717) is 41.0 Å². The first-order chi connectivity index (χ1) is 19.9. The summed E-state index contributed by atoms with van der Waals surface area (Å²) in [4.78, 5) is 17.1. The van der Waals surface area contributed by atoms with Gasteiger partial charge in [-0.1, -0.05) is 36.4 Å². The lowest BCUT2D eigenvalue weighted by atomic mass is 10.1. The number of methoxy groups -OCH3 is 2. The average Bonchev–Trinajstić information content (AvgIpc) is 3.37. The van der Waals surface area contributed by atoms with Gasteiger partial charge < -0.3 is 18.9 Å². The Hall–Kier alpha value is -4.57. The van der Waals surface area contributed by atoms with Crippen molar-refractivity contribution in [3.63, 3.8) is 0 Å². The zero-order chi connectivity index (χ0) is 28.9. The number of benzene rings is 3. The van der Waals surface area contributed by atoms with Gasteiger partial charge in [-0.3, -0.25) is 10.2 Å². The van der Waals surface area contributed by atoms with Crippen molar-refractivity contribution in [3.8, 4) is 23.0 Å². The number of rotatable bonds is 10. The van der Waals surface area contributed by atoms with Crippen molar-refractivity contribution in [2.75, 3.05) is 27.4 Å². The van der Waals surface area contributed by atoms with E-state index in [1.165, 1.54) is 36.6 Å². The van der Waals surface area contributed by atoms with Crippen molar-refractivity contribution >= 4 is 39.8 Å².